The van der Waals surface area contributed by atoms with E-state index in [2.05, 4.69) is 5.32 Å². The molecule has 5 N–H and O–H groups in total. The van der Waals surface area contributed by atoms with Crippen molar-refractivity contribution in [2.45, 2.75) is 6.42 Å². The molecular weight excluding hydrogens is 256 g/mol. The number of nitrogens with two attached hydrogens (primary N) is 1. The number of carboxylic acids is 1. The van der Waals surface area contributed by atoms with E-state index in [0.29, 0.717) is 6.54 Å². The second-order valence-corrected chi connectivity index (χ2v) is 4.45. The van der Waals surface area contributed by atoms with Crippen molar-refractivity contribution in [1.29, 1.82) is 0 Å². The van der Waals surface area contributed by atoms with Gasteiger partial charge in [-0.3, -0.25) is 0 Å². The molecule has 5 heteroatoms. The van der Waals surface area contributed by atoms with E-state index in [1.54, 1.807) is 24.3 Å². The van der Waals surface area contributed by atoms with Crippen LogP contribution in [0.2, 0.25) is 0 Å². The number of carbonyl (C=O) groups is 1. The predicted molar refractivity (Wildman–Crippen MR) is 78.1 cm³/mol. The fraction of sp³-hybridized carbons (Fsp3) is 0.133. The molecule has 5 nitrogen and oxygen atoms in total. The number of hydrogen-bond acceptors (Lipinski definition) is 4. The summed E-state index contributed by atoms with van der Waals surface area (Å²) >= 11 is 0. The van der Waals surface area contributed by atoms with Crippen molar-refractivity contribution in [1.82, 2.24) is 0 Å². The van der Waals surface area contributed by atoms with Crippen molar-refractivity contribution in [3.05, 3.63) is 53.6 Å². The molecule has 0 spiro atoms. The molecule has 2 aromatic rings. The highest BCUT2D eigenvalue weighted by Crippen LogP contribution is 2.18. The van der Waals surface area contributed by atoms with Gasteiger partial charge in [0.25, 0.3) is 0 Å². The normalized spacial score (nSPS) is 10.2. The molecule has 0 unspecified atom stereocenters. The van der Waals surface area contributed by atoms with E-state index < -0.39 is 5.97 Å². The van der Waals surface area contributed by atoms with Crippen molar-refractivity contribution < 1.29 is 15.0 Å². The molecule has 0 fully saturated rings. The van der Waals surface area contributed by atoms with Gasteiger partial charge in [-0.2, -0.15) is 0 Å². The lowest BCUT2D eigenvalue weighted by atomic mass is 10.1. The maximum Gasteiger partial charge on any atom is 0.337 e. The maximum atomic E-state index is 10.8. The van der Waals surface area contributed by atoms with E-state index in [0.717, 1.165) is 17.7 Å². The molecule has 0 bridgehead atoms. The fourth-order valence-electron chi connectivity index (χ4n) is 1.88. The fourth-order valence-corrected chi connectivity index (χ4v) is 1.88. The number of carboxylic acid groups (broad SMARTS) is 1. The second-order valence-electron chi connectivity index (χ2n) is 4.45. The summed E-state index contributed by atoms with van der Waals surface area (Å²) in [5.41, 5.74) is 7.91. The average Bonchev–Trinajstić information content (AvgIpc) is 2.41. The van der Waals surface area contributed by atoms with Crippen molar-refractivity contribution in [2.24, 2.45) is 0 Å². The number of aromatic hydroxyl groups is 1. The third-order valence-electron chi connectivity index (χ3n) is 2.96. The molecule has 0 saturated carbocycles. The van der Waals surface area contributed by atoms with Crippen LogP contribution < -0.4 is 11.1 Å². The lowest BCUT2D eigenvalue weighted by Crippen LogP contribution is -2.07. The van der Waals surface area contributed by atoms with Crippen LogP contribution in [0.5, 0.6) is 5.75 Å². The summed E-state index contributed by atoms with van der Waals surface area (Å²) in [5, 5.41) is 21.2. The topological polar surface area (TPSA) is 95.6 Å². The Morgan fingerprint density at radius 2 is 1.85 bits per heavy atom. The first-order chi connectivity index (χ1) is 9.56. The Bertz CT molecular complexity index is 609. The number of anilines is 2. The van der Waals surface area contributed by atoms with Gasteiger partial charge in [-0.25, -0.2) is 4.79 Å². The van der Waals surface area contributed by atoms with E-state index in [4.69, 9.17) is 10.8 Å². The zero-order valence-electron chi connectivity index (χ0n) is 10.8. The van der Waals surface area contributed by atoms with Crippen LogP contribution in [0.25, 0.3) is 0 Å². The van der Waals surface area contributed by atoms with Crippen molar-refractivity contribution in [3.63, 3.8) is 0 Å². The lowest BCUT2D eigenvalue weighted by molar-refractivity contribution is 0.0698. The number of benzene rings is 2. The monoisotopic (exact) mass is 272 g/mol. The van der Waals surface area contributed by atoms with Gasteiger partial charge in [0.05, 0.1) is 5.56 Å². The Morgan fingerprint density at radius 3 is 2.45 bits per heavy atom. The molecule has 0 aliphatic carbocycles. The first kappa shape index (κ1) is 13.7. The molecule has 0 aliphatic heterocycles. The maximum absolute atomic E-state index is 10.8. The molecule has 0 aliphatic rings. The number of rotatable bonds is 5. The molecule has 2 aromatic carbocycles. The minimum atomic E-state index is -1.03. The van der Waals surface area contributed by atoms with Crippen LogP contribution in [0.3, 0.4) is 0 Å². The van der Waals surface area contributed by atoms with Crippen LogP contribution in [0.15, 0.2) is 42.5 Å². The van der Waals surface area contributed by atoms with Gasteiger partial charge in [-0.05, 0) is 42.3 Å². The highest BCUT2D eigenvalue weighted by Gasteiger charge is 2.07. The van der Waals surface area contributed by atoms with E-state index in [1.165, 1.54) is 6.07 Å². The summed E-state index contributed by atoms with van der Waals surface area (Å²) in [6, 6.07) is 11.8. The van der Waals surface area contributed by atoms with Gasteiger partial charge >= 0.3 is 5.97 Å². The number of nitrogens with one attached hydrogen (secondary N) is 1. The van der Waals surface area contributed by atoms with Crippen LogP contribution in [0, 0.1) is 0 Å². The SMILES string of the molecule is Nc1cc(NCCc2ccc(O)cc2)ccc1C(=O)O. The third kappa shape index (κ3) is 3.41. The standard InChI is InChI=1S/C15H16N2O3/c16-14-9-11(3-6-13(14)15(19)20)17-8-7-10-1-4-12(18)5-2-10/h1-6,9,17-18H,7-8,16H2,(H,19,20). The van der Waals surface area contributed by atoms with Gasteiger partial charge in [0.1, 0.15) is 5.75 Å². The van der Waals surface area contributed by atoms with Crippen LogP contribution in [0.1, 0.15) is 15.9 Å². The Hall–Kier alpha value is -2.69. The number of aromatic carboxylic acids is 1. The highest BCUT2D eigenvalue weighted by molar-refractivity contribution is 5.94. The van der Waals surface area contributed by atoms with Gasteiger partial charge in [-0.15, -0.1) is 0 Å². The Kier molecular flexibility index (Phi) is 4.10. The zero-order chi connectivity index (χ0) is 14.5. The summed E-state index contributed by atoms with van der Waals surface area (Å²) in [5.74, 6) is -0.781. The van der Waals surface area contributed by atoms with Gasteiger partial charge < -0.3 is 21.3 Å². The molecular formula is C15H16N2O3. The average molecular weight is 272 g/mol. The van der Waals surface area contributed by atoms with Gasteiger partial charge in [0.15, 0.2) is 0 Å². The van der Waals surface area contributed by atoms with Gasteiger partial charge in [0, 0.05) is 17.9 Å². The second kappa shape index (κ2) is 5.97. The van der Waals surface area contributed by atoms with Crippen molar-refractivity contribution >= 4 is 17.3 Å². The van der Waals surface area contributed by atoms with E-state index in [9.17, 15) is 9.90 Å². The Morgan fingerprint density at radius 1 is 1.15 bits per heavy atom. The number of hydrogen-bond donors (Lipinski definition) is 4. The van der Waals surface area contributed by atoms with Gasteiger partial charge in [0.2, 0.25) is 0 Å². The smallest absolute Gasteiger partial charge is 0.337 e. The summed E-state index contributed by atoms with van der Waals surface area (Å²) in [6.07, 6.45) is 0.793. The van der Waals surface area contributed by atoms with Crippen LogP contribution in [0.4, 0.5) is 11.4 Å². The first-order valence-corrected chi connectivity index (χ1v) is 6.21. The highest BCUT2D eigenvalue weighted by atomic mass is 16.4. The third-order valence-corrected chi connectivity index (χ3v) is 2.96. The lowest BCUT2D eigenvalue weighted by Gasteiger charge is -2.09. The van der Waals surface area contributed by atoms with Gasteiger partial charge in [-0.1, -0.05) is 12.1 Å². The molecule has 0 heterocycles. The number of nitrogen functional groups attached to an aromatic ring is 1. The van der Waals surface area contributed by atoms with E-state index in [1.807, 2.05) is 12.1 Å². The Balaban J connectivity index is 1.92. The molecule has 0 saturated heterocycles. The summed E-state index contributed by atoms with van der Waals surface area (Å²) in [6.45, 7) is 0.691. The molecule has 0 aromatic heterocycles. The Labute approximate surface area is 116 Å². The van der Waals surface area contributed by atoms with Crippen LogP contribution >= 0.6 is 0 Å². The molecule has 0 atom stereocenters. The molecule has 20 heavy (non-hydrogen) atoms. The minimum Gasteiger partial charge on any atom is -0.508 e. The quantitative estimate of drug-likeness (QED) is 0.626. The van der Waals surface area contributed by atoms with E-state index >= 15 is 0 Å². The van der Waals surface area contributed by atoms with Crippen LogP contribution in [-0.4, -0.2) is 22.7 Å². The summed E-state index contributed by atoms with van der Waals surface area (Å²) < 4.78 is 0. The summed E-state index contributed by atoms with van der Waals surface area (Å²) in [7, 11) is 0. The van der Waals surface area contributed by atoms with Crippen molar-refractivity contribution in [2.75, 3.05) is 17.6 Å². The minimum absolute atomic E-state index is 0.106. The predicted octanol–water partition coefficient (Wildman–Crippen LogP) is 2.33. The molecule has 104 valence electrons. The summed E-state index contributed by atoms with van der Waals surface area (Å²) in [4.78, 5) is 10.8. The van der Waals surface area contributed by atoms with E-state index in [-0.39, 0.29) is 17.0 Å². The number of phenolic OH excluding ortho intramolecular Hbond substituents is 1. The van der Waals surface area contributed by atoms with Crippen molar-refractivity contribution in [3.8, 4) is 5.75 Å². The first-order valence-electron chi connectivity index (χ1n) is 6.21. The zero-order valence-corrected chi connectivity index (χ0v) is 10.8. The van der Waals surface area contributed by atoms with Crippen LogP contribution in [-0.2, 0) is 6.42 Å². The molecule has 0 radical (unpaired) electrons. The number of phenols is 1. The largest absolute Gasteiger partial charge is 0.508 e. The molecule has 0 amide bonds. The molecule has 2 rings (SSSR count).